The molecule has 96 valence electrons. The molecule has 0 amide bonds. The van der Waals surface area contributed by atoms with Gasteiger partial charge in [0.25, 0.3) is 0 Å². The molecule has 0 aliphatic carbocycles. The molecule has 0 aliphatic rings. The molecule has 2 nitrogen and oxygen atoms in total. The van der Waals surface area contributed by atoms with E-state index in [0.29, 0.717) is 0 Å². The highest BCUT2D eigenvalue weighted by Crippen LogP contribution is 2.27. The molecule has 2 heteroatoms. The van der Waals surface area contributed by atoms with Gasteiger partial charge in [0, 0.05) is 17.5 Å². The first-order chi connectivity index (χ1) is 9.36. The summed E-state index contributed by atoms with van der Waals surface area (Å²) >= 11 is 0. The van der Waals surface area contributed by atoms with Gasteiger partial charge in [0.2, 0.25) is 0 Å². The zero-order valence-corrected chi connectivity index (χ0v) is 11.0. The number of rotatable bonds is 4. The van der Waals surface area contributed by atoms with Crippen LogP contribution in [0.1, 0.15) is 12.5 Å². The third kappa shape index (κ3) is 2.54. The second kappa shape index (κ2) is 5.29. The van der Waals surface area contributed by atoms with Crippen LogP contribution in [0.15, 0.2) is 59.0 Å². The van der Waals surface area contributed by atoms with Crippen molar-refractivity contribution in [1.29, 1.82) is 0 Å². The Balaban J connectivity index is 1.88. The van der Waals surface area contributed by atoms with Gasteiger partial charge >= 0.3 is 0 Å². The van der Waals surface area contributed by atoms with Gasteiger partial charge in [-0.3, -0.25) is 0 Å². The SMILES string of the molecule is CCNCc1ccc(-c2cc3ccccc3o2)cc1. The summed E-state index contributed by atoms with van der Waals surface area (Å²) in [5.74, 6) is 0.927. The summed E-state index contributed by atoms with van der Waals surface area (Å²) in [7, 11) is 0. The molecule has 3 aromatic rings. The van der Waals surface area contributed by atoms with Gasteiger partial charge in [0.05, 0.1) is 0 Å². The van der Waals surface area contributed by atoms with Gasteiger partial charge in [-0.1, -0.05) is 49.4 Å². The molecule has 0 aliphatic heterocycles. The topological polar surface area (TPSA) is 25.2 Å². The van der Waals surface area contributed by atoms with E-state index in [1.54, 1.807) is 0 Å². The first-order valence-corrected chi connectivity index (χ1v) is 6.65. The molecule has 0 atom stereocenters. The first-order valence-electron chi connectivity index (χ1n) is 6.65. The lowest BCUT2D eigenvalue weighted by Gasteiger charge is -2.02. The zero-order valence-electron chi connectivity index (χ0n) is 11.0. The third-order valence-electron chi connectivity index (χ3n) is 3.24. The highest BCUT2D eigenvalue weighted by atomic mass is 16.3. The fourth-order valence-electron chi connectivity index (χ4n) is 2.18. The van der Waals surface area contributed by atoms with E-state index in [4.69, 9.17) is 4.42 Å². The van der Waals surface area contributed by atoms with Crippen molar-refractivity contribution in [2.75, 3.05) is 6.54 Å². The van der Waals surface area contributed by atoms with Crippen molar-refractivity contribution < 1.29 is 4.42 Å². The summed E-state index contributed by atoms with van der Waals surface area (Å²) in [5, 5.41) is 4.47. The van der Waals surface area contributed by atoms with Crippen LogP contribution < -0.4 is 5.32 Å². The van der Waals surface area contributed by atoms with Crippen LogP contribution in [-0.2, 0) is 6.54 Å². The van der Waals surface area contributed by atoms with Crippen molar-refractivity contribution >= 4 is 11.0 Å². The van der Waals surface area contributed by atoms with E-state index in [-0.39, 0.29) is 0 Å². The van der Waals surface area contributed by atoms with Crippen molar-refractivity contribution in [3.05, 3.63) is 60.2 Å². The average Bonchev–Trinajstić information content (AvgIpc) is 2.89. The van der Waals surface area contributed by atoms with E-state index in [1.807, 2.05) is 18.2 Å². The van der Waals surface area contributed by atoms with Crippen LogP contribution >= 0.6 is 0 Å². The maximum absolute atomic E-state index is 5.86. The van der Waals surface area contributed by atoms with Crippen LogP contribution in [0, 0.1) is 0 Å². The predicted molar refractivity (Wildman–Crippen MR) is 79.0 cm³/mol. The zero-order chi connectivity index (χ0) is 13.1. The maximum atomic E-state index is 5.86. The lowest BCUT2D eigenvalue weighted by Crippen LogP contribution is -2.11. The van der Waals surface area contributed by atoms with Crippen molar-refractivity contribution in [2.24, 2.45) is 0 Å². The summed E-state index contributed by atoms with van der Waals surface area (Å²) in [5.41, 5.74) is 3.35. The Morgan fingerprint density at radius 1 is 1.00 bits per heavy atom. The normalized spacial score (nSPS) is 11.0. The van der Waals surface area contributed by atoms with Crippen molar-refractivity contribution in [1.82, 2.24) is 5.32 Å². The Hall–Kier alpha value is -2.06. The molecule has 0 spiro atoms. The van der Waals surface area contributed by atoms with Crippen LogP contribution in [0.5, 0.6) is 0 Å². The van der Waals surface area contributed by atoms with Gasteiger partial charge in [-0.25, -0.2) is 0 Å². The summed E-state index contributed by atoms with van der Waals surface area (Å²) in [4.78, 5) is 0. The van der Waals surface area contributed by atoms with Crippen molar-refractivity contribution in [3.63, 3.8) is 0 Å². The molecule has 19 heavy (non-hydrogen) atoms. The van der Waals surface area contributed by atoms with Gasteiger partial charge in [0.15, 0.2) is 0 Å². The maximum Gasteiger partial charge on any atom is 0.135 e. The summed E-state index contributed by atoms with van der Waals surface area (Å²) < 4.78 is 5.86. The highest BCUT2D eigenvalue weighted by molar-refractivity contribution is 5.82. The lowest BCUT2D eigenvalue weighted by atomic mass is 10.1. The van der Waals surface area contributed by atoms with E-state index < -0.39 is 0 Å². The molecule has 0 radical (unpaired) electrons. The smallest absolute Gasteiger partial charge is 0.135 e. The minimum Gasteiger partial charge on any atom is -0.456 e. The number of benzene rings is 2. The average molecular weight is 251 g/mol. The Labute approximate surface area is 113 Å². The van der Waals surface area contributed by atoms with Gasteiger partial charge < -0.3 is 9.73 Å². The summed E-state index contributed by atoms with van der Waals surface area (Å²) in [6.45, 7) is 4.02. The molecule has 1 heterocycles. The minimum atomic E-state index is 0.914. The van der Waals surface area contributed by atoms with E-state index in [2.05, 4.69) is 48.6 Å². The molecule has 0 bridgehead atoms. The number of hydrogen-bond donors (Lipinski definition) is 1. The number of hydrogen-bond acceptors (Lipinski definition) is 2. The molecule has 1 N–H and O–H groups in total. The Kier molecular flexibility index (Phi) is 3.34. The summed E-state index contributed by atoms with van der Waals surface area (Å²) in [6.07, 6.45) is 0. The Morgan fingerprint density at radius 2 is 1.79 bits per heavy atom. The molecule has 0 fully saturated rings. The fourth-order valence-corrected chi connectivity index (χ4v) is 2.18. The molecule has 1 aromatic heterocycles. The monoisotopic (exact) mass is 251 g/mol. The minimum absolute atomic E-state index is 0.914. The molecule has 0 saturated carbocycles. The van der Waals surface area contributed by atoms with Gasteiger partial charge in [0.1, 0.15) is 11.3 Å². The number of furan rings is 1. The van der Waals surface area contributed by atoms with E-state index in [1.165, 1.54) is 5.56 Å². The molecular weight excluding hydrogens is 234 g/mol. The van der Waals surface area contributed by atoms with Crippen molar-refractivity contribution in [2.45, 2.75) is 13.5 Å². The van der Waals surface area contributed by atoms with Gasteiger partial charge in [-0.2, -0.15) is 0 Å². The number of fused-ring (bicyclic) bond motifs is 1. The number of para-hydroxylation sites is 1. The van der Waals surface area contributed by atoms with E-state index in [0.717, 1.165) is 35.4 Å². The molecule has 0 saturated heterocycles. The molecule has 3 rings (SSSR count). The van der Waals surface area contributed by atoms with Crippen LogP contribution in [0.4, 0.5) is 0 Å². The summed E-state index contributed by atoms with van der Waals surface area (Å²) in [6, 6.07) is 18.7. The number of nitrogens with one attached hydrogen (secondary N) is 1. The highest BCUT2D eigenvalue weighted by Gasteiger charge is 2.05. The third-order valence-corrected chi connectivity index (χ3v) is 3.24. The standard InChI is InChI=1S/C17H17NO/c1-2-18-12-13-7-9-14(10-8-13)17-11-15-5-3-4-6-16(15)19-17/h3-11,18H,2,12H2,1H3. The molecule has 2 aromatic carbocycles. The lowest BCUT2D eigenvalue weighted by molar-refractivity contribution is 0.631. The second-order valence-electron chi connectivity index (χ2n) is 4.63. The predicted octanol–water partition coefficient (Wildman–Crippen LogP) is 4.21. The van der Waals surface area contributed by atoms with Crippen LogP contribution in [0.3, 0.4) is 0 Å². The van der Waals surface area contributed by atoms with Crippen LogP contribution in [-0.4, -0.2) is 6.54 Å². The Bertz CT molecular complexity index is 634. The first kappa shape index (κ1) is 12.0. The largest absolute Gasteiger partial charge is 0.456 e. The second-order valence-corrected chi connectivity index (χ2v) is 4.63. The Morgan fingerprint density at radius 3 is 2.53 bits per heavy atom. The van der Waals surface area contributed by atoms with Gasteiger partial charge in [-0.05, 0) is 24.2 Å². The van der Waals surface area contributed by atoms with E-state index >= 15 is 0 Å². The fraction of sp³-hybridized carbons (Fsp3) is 0.176. The van der Waals surface area contributed by atoms with Crippen LogP contribution in [0.2, 0.25) is 0 Å². The van der Waals surface area contributed by atoms with Gasteiger partial charge in [-0.15, -0.1) is 0 Å². The quantitative estimate of drug-likeness (QED) is 0.751. The van der Waals surface area contributed by atoms with Crippen molar-refractivity contribution in [3.8, 4) is 11.3 Å². The van der Waals surface area contributed by atoms with Crippen LogP contribution in [0.25, 0.3) is 22.3 Å². The molecule has 0 unspecified atom stereocenters. The van der Waals surface area contributed by atoms with E-state index in [9.17, 15) is 0 Å². The molecular formula is C17H17NO.